The molecule has 2 aromatic rings. The molecule has 9 nitrogen and oxygen atoms in total. The Morgan fingerprint density at radius 3 is 2.95 bits per heavy atom. The number of nitrogens with zero attached hydrogens (tertiary/aromatic N) is 7. The number of ether oxygens (including phenoxy) is 1. The van der Waals surface area contributed by atoms with Gasteiger partial charge in [-0.2, -0.15) is 10.4 Å². The summed E-state index contributed by atoms with van der Waals surface area (Å²) in [6, 6.07) is 2.09. The average molecular weight is 293 g/mol. The van der Waals surface area contributed by atoms with Crippen molar-refractivity contribution in [3.05, 3.63) is 11.3 Å². The summed E-state index contributed by atoms with van der Waals surface area (Å²) in [4.78, 5) is 11.3. The van der Waals surface area contributed by atoms with Crippen molar-refractivity contribution < 1.29 is 9.53 Å². The fourth-order valence-electron chi connectivity index (χ4n) is 1.52. The second kappa shape index (κ2) is 5.70. The first-order valence-electron chi connectivity index (χ1n) is 5.51. The third-order valence-electron chi connectivity index (χ3n) is 2.47. The van der Waals surface area contributed by atoms with Gasteiger partial charge in [0.15, 0.2) is 0 Å². The summed E-state index contributed by atoms with van der Waals surface area (Å²) in [6.45, 7) is 1.66. The van der Waals surface area contributed by atoms with Crippen LogP contribution >= 0.6 is 11.8 Å². The molecule has 0 atom stereocenters. The number of hydrogen-bond donors (Lipinski definition) is 0. The summed E-state index contributed by atoms with van der Waals surface area (Å²) < 4.78 is 7.45. The first kappa shape index (κ1) is 14.0. The second-order valence-corrected chi connectivity index (χ2v) is 4.75. The van der Waals surface area contributed by atoms with Gasteiger partial charge in [0.2, 0.25) is 5.16 Å². The summed E-state index contributed by atoms with van der Waals surface area (Å²) in [5.41, 5.74) is 1.09. The summed E-state index contributed by atoms with van der Waals surface area (Å²) in [7, 11) is 3.02. The van der Waals surface area contributed by atoms with Crippen molar-refractivity contribution in [1.82, 2.24) is 30.0 Å². The minimum Gasteiger partial charge on any atom is -0.468 e. The zero-order chi connectivity index (χ0) is 14.7. The molecule has 0 aliphatic heterocycles. The number of nitriles is 1. The fourth-order valence-corrected chi connectivity index (χ4v) is 2.45. The lowest BCUT2D eigenvalue weighted by atomic mass is 10.3. The van der Waals surface area contributed by atoms with Crippen molar-refractivity contribution in [1.29, 1.82) is 5.26 Å². The molecule has 2 aromatic heterocycles. The SMILES string of the molecule is COC(=O)Cn1nnnc1Sc1c(C#N)c(C)nn1C. The number of rotatable bonds is 4. The molecule has 0 aliphatic carbocycles. The van der Waals surface area contributed by atoms with E-state index in [-0.39, 0.29) is 6.54 Å². The van der Waals surface area contributed by atoms with Gasteiger partial charge in [-0.25, -0.2) is 4.68 Å². The maximum absolute atomic E-state index is 11.3. The third-order valence-corrected chi connectivity index (χ3v) is 3.61. The molecule has 104 valence electrons. The smallest absolute Gasteiger partial charge is 0.327 e. The molecule has 0 aliphatic rings. The Hall–Kier alpha value is -2.41. The van der Waals surface area contributed by atoms with Crippen molar-refractivity contribution in [3.63, 3.8) is 0 Å². The molecule has 0 N–H and O–H groups in total. The van der Waals surface area contributed by atoms with E-state index in [0.29, 0.717) is 21.4 Å². The highest BCUT2D eigenvalue weighted by Crippen LogP contribution is 2.29. The van der Waals surface area contributed by atoms with Gasteiger partial charge in [-0.3, -0.25) is 9.48 Å². The fraction of sp³-hybridized carbons (Fsp3) is 0.400. The average Bonchev–Trinajstić information content (AvgIpc) is 2.95. The monoisotopic (exact) mass is 293 g/mol. The predicted octanol–water partition coefficient (Wildman–Crippen LogP) is -0.0891. The van der Waals surface area contributed by atoms with E-state index in [1.54, 1.807) is 18.7 Å². The normalized spacial score (nSPS) is 10.3. The highest BCUT2D eigenvalue weighted by Gasteiger charge is 2.19. The molecule has 0 unspecified atom stereocenters. The molecule has 0 saturated carbocycles. The van der Waals surface area contributed by atoms with E-state index in [4.69, 9.17) is 5.26 Å². The zero-order valence-corrected chi connectivity index (χ0v) is 11.9. The predicted molar refractivity (Wildman–Crippen MR) is 66.6 cm³/mol. The van der Waals surface area contributed by atoms with Crippen LogP contribution in [0, 0.1) is 18.3 Å². The number of aromatic nitrogens is 6. The van der Waals surface area contributed by atoms with Crippen LogP contribution in [0.25, 0.3) is 0 Å². The standard InChI is InChI=1S/C10H11N7O2S/c1-6-7(4-11)9(16(2)13-6)20-10-12-14-15-17(10)5-8(18)19-3/h5H2,1-3H3. The Kier molecular flexibility index (Phi) is 3.99. The van der Waals surface area contributed by atoms with Crippen LogP contribution in [0.2, 0.25) is 0 Å². The molecule has 0 bridgehead atoms. The molecule has 0 aromatic carbocycles. The van der Waals surface area contributed by atoms with Crippen LogP contribution < -0.4 is 0 Å². The van der Waals surface area contributed by atoms with Gasteiger partial charge in [-0.15, -0.1) is 5.10 Å². The first-order chi connectivity index (χ1) is 9.56. The number of esters is 1. The van der Waals surface area contributed by atoms with Crippen molar-refractivity contribution in [2.45, 2.75) is 23.7 Å². The Balaban J connectivity index is 2.30. The second-order valence-electron chi connectivity index (χ2n) is 3.80. The maximum atomic E-state index is 11.3. The van der Waals surface area contributed by atoms with Crippen LogP contribution in [0.5, 0.6) is 0 Å². The van der Waals surface area contributed by atoms with E-state index >= 15 is 0 Å². The molecule has 0 spiro atoms. The number of tetrazole rings is 1. The summed E-state index contributed by atoms with van der Waals surface area (Å²) in [5, 5.41) is 25.4. The van der Waals surface area contributed by atoms with Crippen molar-refractivity contribution >= 4 is 17.7 Å². The molecule has 10 heteroatoms. The molecule has 2 heterocycles. The molecular weight excluding hydrogens is 282 g/mol. The van der Waals surface area contributed by atoms with Gasteiger partial charge in [0.1, 0.15) is 23.2 Å². The zero-order valence-electron chi connectivity index (χ0n) is 11.1. The van der Waals surface area contributed by atoms with Gasteiger partial charge in [0.25, 0.3) is 0 Å². The molecule has 0 fully saturated rings. The van der Waals surface area contributed by atoms with Gasteiger partial charge in [0.05, 0.1) is 12.8 Å². The highest BCUT2D eigenvalue weighted by molar-refractivity contribution is 7.99. The van der Waals surface area contributed by atoms with E-state index in [9.17, 15) is 4.79 Å². The Morgan fingerprint density at radius 1 is 1.55 bits per heavy atom. The molecule has 20 heavy (non-hydrogen) atoms. The summed E-state index contributed by atoms with van der Waals surface area (Å²) in [6.07, 6.45) is 0. The third kappa shape index (κ3) is 2.62. The van der Waals surface area contributed by atoms with Gasteiger partial charge in [-0.1, -0.05) is 0 Å². The van der Waals surface area contributed by atoms with Gasteiger partial charge >= 0.3 is 5.97 Å². The van der Waals surface area contributed by atoms with Gasteiger partial charge in [0, 0.05) is 7.05 Å². The van der Waals surface area contributed by atoms with E-state index in [1.807, 2.05) is 0 Å². The number of carbonyl (C=O) groups is 1. The Morgan fingerprint density at radius 2 is 2.30 bits per heavy atom. The minimum absolute atomic E-state index is 0.0927. The lowest BCUT2D eigenvalue weighted by Crippen LogP contribution is -2.13. The quantitative estimate of drug-likeness (QED) is 0.719. The van der Waals surface area contributed by atoms with Crippen LogP contribution in [0.15, 0.2) is 10.2 Å². The van der Waals surface area contributed by atoms with Gasteiger partial charge in [-0.05, 0) is 29.1 Å². The van der Waals surface area contributed by atoms with Crippen LogP contribution in [0.3, 0.4) is 0 Å². The largest absolute Gasteiger partial charge is 0.468 e. The molecule has 2 rings (SSSR count). The minimum atomic E-state index is -0.458. The number of aryl methyl sites for hydroxylation is 2. The van der Waals surface area contributed by atoms with E-state index in [2.05, 4.69) is 31.4 Å². The van der Waals surface area contributed by atoms with Crippen LogP contribution in [-0.2, 0) is 23.1 Å². The molecule has 0 saturated heterocycles. The van der Waals surface area contributed by atoms with Crippen LogP contribution in [-0.4, -0.2) is 43.1 Å². The topological polar surface area (TPSA) is 112 Å². The van der Waals surface area contributed by atoms with Crippen molar-refractivity contribution in [2.24, 2.45) is 7.05 Å². The van der Waals surface area contributed by atoms with Crippen molar-refractivity contribution in [2.75, 3.05) is 7.11 Å². The number of hydrogen-bond acceptors (Lipinski definition) is 8. The van der Waals surface area contributed by atoms with Gasteiger partial charge < -0.3 is 4.74 Å². The maximum Gasteiger partial charge on any atom is 0.327 e. The van der Waals surface area contributed by atoms with Crippen LogP contribution in [0.4, 0.5) is 0 Å². The van der Waals surface area contributed by atoms with E-state index in [1.165, 1.54) is 23.6 Å². The van der Waals surface area contributed by atoms with E-state index in [0.717, 1.165) is 0 Å². The van der Waals surface area contributed by atoms with Crippen LogP contribution in [0.1, 0.15) is 11.3 Å². The Bertz CT molecular complexity index is 684. The molecule has 0 amide bonds. The first-order valence-corrected chi connectivity index (χ1v) is 6.33. The summed E-state index contributed by atoms with van der Waals surface area (Å²) in [5.74, 6) is -0.458. The number of methoxy groups -OCH3 is 1. The highest BCUT2D eigenvalue weighted by atomic mass is 32.2. The lowest BCUT2D eigenvalue weighted by Gasteiger charge is -2.03. The number of carbonyl (C=O) groups excluding carboxylic acids is 1. The van der Waals surface area contributed by atoms with E-state index < -0.39 is 5.97 Å². The molecular formula is C10H11N7O2S. The van der Waals surface area contributed by atoms with Crippen molar-refractivity contribution in [3.8, 4) is 6.07 Å². The Labute approximate surface area is 118 Å². The summed E-state index contributed by atoms with van der Waals surface area (Å²) >= 11 is 1.17. The molecule has 0 radical (unpaired) electrons. The lowest BCUT2D eigenvalue weighted by molar-refractivity contribution is -0.141.